The number of pyridine rings is 1. The number of carbonyl (C=O) groups is 1. The zero-order chi connectivity index (χ0) is 20.8. The monoisotopic (exact) mass is 404 g/mol. The smallest absolute Gasteiger partial charge is 0.338 e. The summed E-state index contributed by atoms with van der Waals surface area (Å²) in [6.07, 6.45) is 3.23. The lowest BCUT2D eigenvalue weighted by Gasteiger charge is -2.42. The van der Waals surface area contributed by atoms with Gasteiger partial charge in [-0.2, -0.15) is 5.26 Å². The molecule has 2 saturated heterocycles. The molecule has 2 aromatic rings. The van der Waals surface area contributed by atoms with Crippen LogP contribution in [0.1, 0.15) is 51.6 Å². The molecule has 0 amide bonds. The first kappa shape index (κ1) is 19.0. The lowest BCUT2D eigenvalue weighted by Crippen LogP contribution is -2.55. The number of piperazine rings is 1. The molecule has 0 spiro atoms. The number of ether oxygens (including phenoxy) is 1. The van der Waals surface area contributed by atoms with Crippen LogP contribution in [0.25, 0.3) is 0 Å². The Balaban J connectivity index is 1.30. The molecule has 3 atom stereocenters. The Morgan fingerprint density at radius 3 is 2.70 bits per heavy atom. The number of nitrogens with zero attached hydrogens (tertiary/aromatic N) is 4. The van der Waals surface area contributed by atoms with Gasteiger partial charge in [-0.3, -0.25) is 4.90 Å². The van der Waals surface area contributed by atoms with E-state index in [0.717, 1.165) is 48.4 Å². The van der Waals surface area contributed by atoms with Gasteiger partial charge in [0.1, 0.15) is 18.5 Å². The highest BCUT2D eigenvalue weighted by Crippen LogP contribution is 2.35. The van der Waals surface area contributed by atoms with E-state index in [-0.39, 0.29) is 5.97 Å². The summed E-state index contributed by atoms with van der Waals surface area (Å²) in [7, 11) is 0. The number of carbonyl (C=O) groups excluding carboxylic acids is 1. The number of cyclic esters (lactones) is 1. The Hall–Kier alpha value is -2.95. The Morgan fingerprint density at radius 1 is 1.27 bits per heavy atom. The van der Waals surface area contributed by atoms with Crippen LogP contribution in [0.5, 0.6) is 0 Å². The fourth-order valence-corrected chi connectivity index (χ4v) is 5.14. The van der Waals surface area contributed by atoms with E-state index in [4.69, 9.17) is 10.00 Å². The maximum Gasteiger partial charge on any atom is 0.338 e. The normalized spacial score (nSPS) is 23.8. The predicted molar refractivity (Wildman–Crippen MR) is 110 cm³/mol. The standard InChI is InChI=1S/C23H24N4O3/c1-14-18(5-6-19-20(14)13-30-23(19)29)21(28)12-27-16-3-4-17(27)11-26(10-16)22-7-2-15(8-24)9-25-22/h2,5-7,9,16-17,21,28H,3-4,10-13H2,1H3/t16-,17+,21?. The van der Waals surface area contributed by atoms with E-state index in [1.807, 2.05) is 25.1 Å². The van der Waals surface area contributed by atoms with Gasteiger partial charge < -0.3 is 14.7 Å². The number of nitriles is 1. The van der Waals surface area contributed by atoms with Crippen molar-refractivity contribution in [1.82, 2.24) is 9.88 Å². The van der Waals surface area contributed by atoms with E-state index in [1.165, 1.54) is 0 Å². The average Bonchev–Trinajstić information content (AvgIpc) is 3.23. The maximum atomic E-state index is 11.8. The van der Waals surface area contributed by atoms with Crippen molar-refractivity contribution in [2.75, 3.05) is 24.5 Å². The van der Waals surface area contributed by atoms with Crippen molar-refractivity contribution in [3.8, 4) is 6.07 Å². The molecule has 154 valence electrons. The second-order valence-electron chi connectivity index (χ2n) is 8.40. The molecule has 0 aliphatic carbocycles. The summed E-state index contributed by atoms with van der Waals surface area (Å²) in [5.41, 5.74) is 3.92. The summed E-state index contributed by atoms with van der Waals surface area (Å²) < 4.78 is 5.14. The van der Waals surface area contributed by atoms with Gasteiger partial charge in [0.15, 0.2) is 0 Å². The topological polar surface area (TPSA) is 89.7 Å². The Kier molecular flexibility index (Phi) is 4.69. The predicted octanol–water partition coefficient (Wildman–Crippen LogP) is 2.32. The molecule has 1 aromatic heterocycles. The molecule has 3 aliphatic rings. The Morgan fingerprint density at radius 2 is 2.03 bits per heavy atom. The van der Waals surface area contributed by atoms with Gasteiger partial charge in [-0.25, -0.2) is 9.78 Å². The number of aromatic nitrogens is 1. The van der Waals surface area contributed by atoms with Gasteiger partial charge in [0.25, 0.3) is 0 Å². The average molecular weight is 404 g/mol. The van der Waals surface area contributed by atoms with Crippen molar-refractivity contribution >= 4 is 11.8 Å². The number of hydrogen-bond donors (Lipinski definition) is 1. The van der Waals surface area contributed by atoms with Crippen LogP contribution in [0.4, 0.5) is 5.82 Å². The van der Waals surface area contributed by atoms with Gasteiger partial charge in [0, 0.05) is 43.5 Å². The van der Waals surface area contributed by atoms with Gasteiger partial charge in [-0.1, -0.05) is 6.07 Å². The van der Waals surface area contributed by atoms with Gasteiger partial charge in [-0.15, -0.1) is 0 Å². The van der Waals surface area contributed by atoms with E-state index in [1.54, 1.807) is 12.3 Å². The molecule has 30 heavy (non-hydrogen) atoms. The van der Waals surface area contributed by atoms with Crippen molar-refractivity contribution in [1.29, 1.82) is 5.26 Å². The molecule has 1 unspecified atom stereocenters. The number of rotatable bonds is 4. The summed E-state index contributed by atoms with van der Waals surface area (Å²) in [5, 5.41) is 20.0. The number of fused-ring (bicyclic) bond motifs is 3. The highest BCUT2D eigenvalue weighted by Gasteiger charge is 2.41. The van der Waals surface area contributed by atoms with Gasteiger partial charge in [0.05, 0.1) is 17.2 Å². The molecule has 7 nitrogen and oxygen atoms in total. The summed E-state index contributed by atoms with van der Waals surface area (Å²) in [4.78, 5) is 20.9. The summed E-state index contributed by atoms with van der Waals surface area (Å²) in [6, 6.07) is 10.2. The van der Waals surface area contributed by atoms with Crippen LogP contribution >= 0.6 is 0 Å². The fraction of sp³-hybridized carbons (Fsp3) is 0.435. The van der Waals surface area contributed by atoms with Crippen molar-refractivity contribution in [3.63, 3.8) is 0 Å². The molecule has 7 heteroatoms. The third-order valence-electron chi connectivity index (χ3n) is 6.79. The zero-order valence-corrected chi connectivity index (χ0v) is 16.9. The zero-order valence-electron chi connectivity index (χ0n) is 16.9. The minimum atomic E-state index is -0.603. The van der Waals surface area contributed by atoms with E-state index >= 15 is 0 Å². The lowest BCUT2D eigenvalue weighted by atomic mass is 9.95. The molecule has 2 fully saturated rings. The highest BCUT2D eigenvalue weighted by atomic mass is 16.5. The molecular formula is C23H24N4O3. The number of hydrogen-bond acceptors (Lipinski definition) is 7. The summed E-state index contributed by atoms with van der Waals surface area (Å²) in [5.74, 6) is 0.630. The first-order valence-corrected chi connectivity index (χ1v) is 10.4. The van der Waals surface area contributed by atoms with Crippen molar-refractivity contribution in [2.24, 2.45) is 0 Å². The summed E-state index contributed by atoms with van der Waals surface area (Å²) >= 11 is 0. The van der Waals surface area contributed by atoms with Crippen LogP contribution in [-0.4, -0.2) is 52.7 Å². The van der Waals surface area contributed by atoms with Gasteiger partial charge in [-0.05, 0) is 49.1 Å². The lowest BCUT2D eigenvalue weighted by molar-refractivity contribution is 0.0535. The third kappa shape index (κ3) is 3.13. The molecule has 0 saturated carbocycles. The second kappa shape index (κ2) is 7.38. The Labute approximate surface area is 175 Å². The van der Waals surface area contributed by atoms with Crippen LogP contribution in [0.15, 0.2) is 30.5 Å². The van der Waals surface area contributed by atoms with E-state index < -0.39 is 6.10 Å². The number of aliphatic hydroxyl groups excluding tert-OH is 1. The van der Waals surface area contributed by atoms with Crippen molar-refractivity contribution in [3.05, 3.63) is 58.3 Å². The highest BCUT2D eigenvalue weighted by molar-refractivity contribution is 5.93. The number of benzene rings is 1. The van der Waals surface area contributed by atoms with E-state index in [2.05, 4.69) is 20.9 Å². The largest absolute Gasteiger partial charge is 0.457 e. The first-order valence-electron chi connectivity index (χ1n) is 10.4. The first-order chi connectivity index (χ1) is 14.5. The SMILES string of the molecule is Cc1c(C(O)CN2[C@@H]3CC[C@H]2CN(c2ccc(C#N)cn2)C3)ccc2c1COC2=O. The van der Waals surface area contributed by atoms with Gasteiger partial charge >= 0.3 is 5.97 Å². The number of anilines is 1. The minimum absolute atomic E-state index is 0.278. The van der Waals surface area contributed by atoms with Crippen LogP contribution < -0.4 is 4.90 Å². The quantitative estimate of drug-likeness (QED) is 0.782. The van der Waals surface area contributed by atoms with Crippen LogP contribution in [-0.2, 0) is 11.3 Å². The fourth-order valence-electron chi connectivity index (χ4n) is 5.14. The van der Waals surface area contributed by atoms with Crippen molar-refractivity contribution in [2.45, 2.75) is 44.6 Å². The second-order valence-corrected chi connectivity index (χ2v) is 8.40. The summed E-state index contributed by atoms with van der Waals surface area (Å²) in [6.45, 7) is 4.57. The van der Waals surface area contributed by atoms with Crippen LogP contribution in [0, 0.1) is 18.3 Å². The number of esters is 1. The van der Waals surface area contributed by atoms with E-state index in [9.17, 15) is 9.90 Å². The number of aliphatic hydroxyl groups is 1. The molecule has 1 aromatic carbocycles. The molecule has 5 rings (SSSR count). The molecule has 0 radical (unpaired) electrons. The van der Waals surface area contributed by atoms with Crippen molar-refractivity contribution < 1.29 is 14.6 Å². The van der Waals surface area contributed by atoms with Crippen LogP contribution in [0.2, 0.25) is 0 Å². The third-order valence-corrected chi connectivity index (χ3v) is 6.79. The van der Waals surface area contributed by atoms with E-state index in [0.29, 0.717) is 36.4 Å². The molecule has 4 heterocycles. The molecule has 1 N–H and O–H groups in total. The molecule has 3 aliphatic heterocycles. The molecular weight excluding hydrogens is 380 g/mol. The van der Waals surface area contributed by atoms with Gasteiger partial charge in [0.2, 0.25) is 0 Å². The van der Waals surface area contributed by atoms with Crippen LogP contribution in [0.3, 0.4) is 0 Å². The molecule has 2 bridgehead atoms. The maximum absolute atomic E-state index is 11.8. The Bertz CT molecular complexity index is 1020. The minimum Gasteiger partial charge on any atom is -0.457 e.